The van der Waals surface area contributed by atoms with E-state index in [1.807, 2.05) is 0 Å². The summed E-state index contributed by atoms with van der Waals surface area (Å²) < 4.78 is 19.9. The number of hydrogen-bond donors (Lipinski definition) is 1. The average Bonchev–Trinajstić information content (AvgIpc) is 2.36. The third kappa shape index (κ3) is 4.89. The van der Waals surface area contributed by atoms with E-state index in [1.165, 1.54) is 14.0 Å². The highest BCUT2D eigenvalue weighted by molar-refractivity contribution is 5.79. The van der Waals surface area contributed by atoms with Gasteiger partial charge in [0.1, 0.15) is 6.79 Å². The molecule has 0 saturated carbocycles. The maximum absolute atomic E-state index is 11.7. The van der Waals surface area contributed by atoms with Crippen LogP contribution in [0.4, 0.5) is 0 Å². The molecular weight excluding hydrogens is 240 g/mol. The van der Waals surface area contributed by atoms with Crippen LogP contribution in [0.2, 0.25) is 0 Å². The van der Waals surface area contributed by atoms with Crippen molar-refractivity contribution >= 4 is 5.97 Å². The largest absolute Gasteiger partial charge is 0.467 e. The minimum atomic E-state index is -1.43. The average molecular weight is 264 g/mol. The lowest BCUT2D eigenvalue weighted by Gasteiger charge is -2.33. The number of aliphatic hydroxyl groups is 1. The molecule has 0 amide bonds. The fourth-order valence-corrected chi connectivity index (χ4v) is 1.47. The van der Waals surface area contributed by atoms with Gasteiger partial charge in [0.05, 0.1) is 26.4 Å². The number of carbonyl (C=O) groups excluding carboxylic acids is 1. The second-order valence-corrected chi connectivity index (χ2v) is 4.45. The number of hydrogen-bond acceptors (Lipinski definition) is 6. The van der Waals surface area contributed by atoms with Crippen LogP contribution in [0.5, 0.6) is 0 Å². The van der Waals surface area contributed by atoms with Crippen LogP contribution >= 0.6 is 0 Å². The van der Waals surface area contributed by atoms with E-state index in [2.05, 4.69) is 4.74 Å². The van der Waals surface area contributed by atoms with Crippen molar-refractivity contribution in [3.8, 4) is 0 Å². The summed E-state index contributed by atoms with van der Waals surface area (Å²) in [6.07, 6.45) is -0.976. The van der Waals surface area contributed by atoms with Crippen molar-refractivity contribution in [3.05, 3.63) is 0 Å². The molecule has 1 N–H and O–H groups in total. The molecule has 0 saturated heterocycles. The van der Waals surface area contributed by atoms with Crippen molar-refractivity contribution in [2.75, 3.05) is 34.2 Å². The molecule has 0 aliphatic rings. The van der Waals surface area contributed by atoms with Gasteiger partial charge in [-0.25, -0.2) is 4.79 Å². The summed E-state index contributed by atoms with van der Waals surface area (Å²) in [6, 6.07) is 0. The molecule has 0 fully saturated rings. The summed E-state index contributed by atoms with van der Waals surface area (Å²) in [6.45, 7) is 5.75. The van der Waals surface area contributed by atoms with Crippen molar-refractivity contribution in [2.45, 2.75) is 32.5 Å². The van der Waals surface area contributed by atoms with E-state index in [9.17, 15) is 9.90 Å². The highest BCUT2D eigenvalue weighted by Gasteiger charge is 2.44. The van der Waals surface area contributed by atoms with Crippen LogP contribution in [0, 0.1) is 5.92 Å². The zero-order valence-corrected chi connectivity index (χ0v) is 11.8. The number of aliphatic hydroxyl groups excluding tert-OH is 1. The molecule has 0 aromatic heterocycles. The van der Waals surface area contributed by atoms with Gasteiger partial charge in [-0.2, -0.15) is 0 Å². The maximum Gasteiger partial charge on any atom is 0.340 e. The molecule has 0 aromatic carbocycles. The van der Waals surface area contributed by atoms with Crippen molar-refractivity contribution in [1.29, 1.82) is 0 Å². The standard InChI is InChI=1S/C12H24O6/c1-9(2)10(13)12(3,11(14)16-5)18-8-17-7-6-15-4/h9-10,13H,6-8H2,1-5H3/t10-,12-/m1/s1. The third-order valence-corrected chi connectivity index (χ3v) is 2.66. The number of ether oxygens (including phenoxy) is 4. The highest BCUT2D eigenvalue weighted by atomic mass is 16.7. The lowest BCUT2D eigenvalue weighted by Crippen LogP contribution is -2.52. The van der Waals surface area contributed by atoms with Gasteiger partial charge in [0.15, 0.2) is 5.60 Å². The normalized spacial score (nSPS) is 16.4. The van der Waals surface area contributed by atoms with E-state index in [1.54, 1.807) is 21.0 Å². The molecule has 0 aliphatic carbocycles. The second-order valence-electron chi connectivity index (χ2n) is 4.45. The van der Waals surface area contributed by atoms with Crippen LogP contribution in [0.1, 0.15) is 20.8 Å². The molecule has 0 bridgehead atoms. The summed E-state index contributed by atoms with van der Waals surface area (Å²) >= 11 is 0. The zero-order chi connectivity index (χ0) is 14.2. The molecule has 0 radical (unpaired) electrons. The van der Waals surface area contributed by atoms with Gasteiger partial charge in [-0.3, -0.25) is 0 Å². The van der Waals surface area contributed by atoms with Crippen molar-refractivity contribution in [3.63, 3.8) is 0 Å². The predicted octanol–water partition coefficient (Wildman–Crippen LogP) is 0.572. The predicted molar refractivity (Wildman–Crippen MR) is 65.0 cm³/mol. The first-order valence-corrected chi connectivity index (χ1v) is 5.87. The van der Waals surface area contributed by atoms with Gasteiger partial charge < -0.3 is 24.1 Å². The van der Waals surface area contributed by atoms with Gasteiger partial charge in [0.25, 0.3) is 0 Å². The SMILES string of the molecule is COCCOCO[C@@](C)(C(=O)OC)[C@H](O)C(C)C. The molecular formula is C12H24O6. The van der Waals surface area contributed by atoms with E-state index < -0.39 is 17.7 Å². The fraction of sp³-hybridized carbons (Fsp3) is 0.917. The highest BCUT2D eigenvalue weighted by Crippen LogP contribution is 2.23. The van der Waals surface area contributed by atoms with E-state index >= 15 is 0 Å². The minimum Gasteiger partial charge on any atom is -0.467 e. The molecule has 0 unspecified atom stereocenters. The monoisotopic (exact) mass is 264 g/mol. The van der Waals surface area contributed by atoms with Gasteiger partial charge in [0, 0.05) is 7.11 Å². The molecule has 18 heavy (non-hydrogen) atoms. The maximum atomic E-state index is 11.7. The molecule has 108 valence electrons. The molecule has 0 spiro atoms. The summed E-state index contributed by atoms with van der Waals surface area (Å²) in [7, 11) is 2.81. The lowest BCUT2D eigenvalue weighted by molar-refractivity contribution is -0.210. The third-order valence-electron chi connectivity index (χ3n) is 2.66. The van der Waals surface area contributed by atoms with Gasteiger partial charge in [-0.15, -0.1) is 0 Å². The summed E-state index contributed by atoms with van der Waals surface area (Å²) in [5.41, 5.74) is -1.43. The quantitative estimate of drug-likeness (QED) is 0.373. The molecule has 0 aromatic rings. The van der Waals surface area contributed by atoms with Crippen molar-refractivity contribution in [2.24, 2.45) is 5.92 Å². The van der Waals surface area contributed by atoms with Crippen LogP contribution in [-0.4, -0.2) is 57.0 Å². The Bertz CT molecular complexity index is 243. The van der Waals surface area contributed by atoms with E-state index in [-0.39, 0.29) is 12.7 Å². The molecule has 6 heteroatoms. The second kappa shape index (κ2) is 8.42. The minimum absolute atomic E-state index is 0.112. The van der Waals surface area contributed by atoms with E-state index in [0.29, 0.717) is 13.2 Å². The Balaban J connectivity index is 4.44. The number of carbonyl (C=O) groups is 1. The number of rotatable bonds is 9. The molecule has 0 aliphatic heterocycles. The van der Waals surface area contributed by atoms with Gasteiger partial charge in [-0.1, -0.05) is 13.8 Å². The number of methoxy groups -OCH3 is 2. The van der Waals surface area contributed by atoms with E-state index in [4.69, 9.17) is 14.2 Å². The van der Waals surface area contributed by atoms with Crippen LogP contribution in [0.3, 0.4) is 0 Å². The first kappa shape index (κ1) is 17.3. The van der Waals surface area contributed by atoms with Crippen molar-refractivity contribution in [1.82, 2.24) is 0 Å². The topological polar surface area (TPSA) is 74.2 Å². The fourth-order valence-electron chi connectivity index (χ4n) is 1.47. The van der Waals surface area contributed by atoms with Gasteiger partial charge in [0.2, 0.25) is 0 Å². The van der Waals surface area contributed by atoms with Crippen LogP contribution in [0.15, 0.2) is 0 Å². The first-order valence-electron chi connectivity index (χ1n) is 5.87. The van der Waals surface area contributed by atoms with Crippen LogP contribution in [0.25, 0.3) is 0 Å². The Morgan fingerprint density at radius 3 is 2.33 bits per heavy atom. The summed E-state index contributed by atoms with van der Waals surface area (Å²) in [4.78, 5) is 11.7. The molecule has 6 nitrogen and oxygen atoms in total. The van der Waals surface area contributed by atoms with Crippen molar-refractivity contribution < 1.29 is 28.8 Å². The Morgan fingerprint density at radius 1 is 1.28 bits per heavy atom. The molecule has 2 atom stereocenters. The number of esters is 1. The Kier molecular flexibility index (Phi) is 8.10. The summed E-state index contributed by atoms with van der Waals surface area (Å²) in [5, 5.41) is 10.0. The zero-order valence-electron chi connectivity index (χ0n) is 11.8. The Hall–Kier alpha value is -0.690. The lowest BCUT2D eigenvalue weighted by atomic mass is 9.90. The van der Waals surface area contributed by atoms with Gasteiger partial charge >= 0.3 is 5.97 Å². The van der Waals surface area contributed by atoms with E-state index in [0.717, 1.165) is 0 Å². The smallest absolute Gasteiger partial charge is 0.340 e. The Morgan fingerprint density at radius 2 is 1.89 bits per heavy atom. The summed E-state index contributed by atoms with van der Waals surface area (Å²) in [5.74, 6) is -0.771. The molecule has 0 heterocycles. The van der Waals surface area contributed by atoms with Gasteiger partial charge in [-0.05, 0) is 12.8 Å². The van der Waals surface area contributed by atoms with Crippen LogP contribution in [-0.2, 0) is 23.7 Å². The van der Waals surface area contributed by atoms with Crippen LogP contribution < -0.4 is 0 Å². The Labute approximate surface area is 108 Å². The first-order chi connectivity index (χ1) is 8.40. The molecule has 0 rings (SSSR count).